The first-order valence-electron chi connectivity index (χ1n) is 7.23. The van der Waals surface area contributed by atoms with E-state index in [2.05, 4.69) is 15.3 Å². The van der Waals surface area contributed by atoms with Gasteiger partial charge in [-0.15, -0.1) is 11.3 Å². The molecule has 0 atom stereocenters. The van der Waals surface area contributed by atoms with Gasteiger partial charge in [0.15, 0.2) is 5.13 Å². The highest BCUT2D eigenvalue weighted by atomic mass is 32.1. The van der Waals surface area contributed by atoms with Crippen LogP contribution in [-0.4, -0.2) is 23.0 Å². The summed E-state index contributed by atoms with van der Waals surface area (Å²) >= 11 is 1.38. The van der Waals surface area contributed by atoms with Crippen LogP contribution in [0.25, 0.3) is 17.3 Å². The first-order chi connectivity index (χ1) is 11.7. The molecule has 24 heavy (non-hydrogen) atoms. The number of thiazole rings is 1. The number of pyridine rings is 1. The Kier molecular flexibility index (Phi) is 4.98. The van der Waals surface area contributed by atoms with E-state index in [1.807, 2.05) is 41.8 Å². The summed E-state index contributed by atoms with van der Waals surface area (Å²) in [5.41, 5.74) is 2.63. The number of carbonyl (C=O) groups is 1. The lowest BCUT2D eigenvalue weighted by Gasteiger charge is -1.99. The number of rotatable bonds is 5. The van der Waals surface area contributed by atoms with Crippen LogP contribution in [0.3, 0.4) is 0 Å². The average Bonchev–Trinajstić information content (AvgIpc) is 3.09. The highest BCUT2D eigenvalue weighted by molar-refractivity contribution is 7.14. The minimum Gasteiger partial charge on any atom is -0.497 e. The normalized spacial score (nSPS) is 10.7. The van der Waals surface area contributed by atoms with Crippen LogP contribution in [0.1, 0.15) is 5.56 Å². The molecule has 1 N–H and O–H groups in total. The molecule has 0 bridgehead atoms. The molecular formula is C18H15N3O2S. The summed E-state index contributed by atoms with van der Waals surface area (Å²) in [5.74, 6) is 0.556. The molecular weight excluding hydrogens is 322 g/mol. The number of nitrogens with one attached hydrogen (secondary N) is 1. The van der Waals surface area contributed by atoms with E-state index in [4.69, 9.17) is 4.74 Å². The van der Waals surface area contributed by atoms with Crippen molar-refractivity contribution < 1.29 is 9.53 Å². The van der Waals surface area contributed by atoms with Crippen LogP contribution in [0, 0.1) is 0 Å². The fraction of sp³-hybridized carbons (Fsp3) is 0.0556. The van der Waals surface area contributed by atoms with Crippen molar-refractivity contribution in [2.24, 2.45) is 0 Å². The molecule has 0 fully saturated rings. The molecule has 0 saturated heterocycles. The van der Waals surface area contributed by atoms with Gasteiger partial charge in [-0.2, -0.15) is 0 Å². The van der Waals surface area contributed by atoms with E-state index < -0.39 is 0 Å². The number of anilines is 1. The van der Waals surface area contributed by atoms with Gasteiger partial charge in [-0.3, -0.25) is 15.1 Å². The first kappa shape index (κ1) is 15.9. The molecule has 0 aliphatic heterocycles. The second-order valence-corrected chi connectivity index (χ2v) is 5.73. The number of carbonyl (C=O) groups excluding carboxylic acids is 1. The van der Waals surface area contributed by atoms with Gasteiger partial charge in [-0.1, -0.05) is 12.1 Å². The van der Waals surface area contributed by atoms with E-state index >= 15 is 0 Å². The Balaban J connectivity index is 1.62. The van der Waals surface area contributed by atoms with Gasteiger partial charge in [0.2, 0.25) is 5.91 Å². The lowest BCUT2D eigenvalue weighted by Crippen LogP contribution is -2.07. The Labute approximate surface area is 143 Å². The molecule has 0 spiro atoms. The zero-order valence-electron chi connectivity index (χ0n) is 13.0. The molecule has 0 aliphatic rings. The van der Waals surface area contributed by atoms with Crippen molar-refractivity contribution in [2.75, 3.05) is 12.4 Å². The number of nitrogens with zero attached hydrogens (tertiary/aromatic N) is 2. The highest BCUT2D eigenvalue weighted by Crippen LogP contribution is 2.24. The maximum atomic E-state index is 12.0. The van der Waals surface area contributed by atoms with E-state index in [1.54, 1.807) is 25.6 Å². The number of hydrogen-bond acceptors (Lipinski definition) is 5. The molecule has 0 saturated carbocycles. The summed E-state index contributed by atoms with van der Waals surface area (Å²) < 4.78 is 5.10. The van der Waals surface area contributed by atoms with Gasteiger partial charge in [0.1, 0.15) is 5.75 Å². The third-order valence-electron chi connectivity index (χ3n) is 3.23. The smallest absolute Gasteiger partial charge is 0.250 e. The van der Waals surface area contributed by atoms with Crippen molar-refractivity contribution in [3.05, 3.63) is 65.8 Å². The summed E-state index contributed by atoms with van der Waals surface area (Å²) in [6.07, 6.45) is 6.67. The predicted molar refractivity (Wildman–Crippen MR) is 96.0 cm³/mol. The van der Waals surface area contributed by atoms with Crippen molar-refractivity contribution in [3.8, 4) is 17.0 Å². The molecule has 0 radical (unpaired) electrons. The highest BCUT2D eigenvalue weighted by Gasteiger charge is 2.06. The molecule has 6 heteroatoms. The van der Waals surface area contributed by atoms with Crippen LogP contribution >= 0.6 is 11.3 Å². The Morgan fingerprint density at radius 3 is 2.79 bits per heavy atom. The topological polar surface area (TPSA) is 64.1 Å². The van der Waals surface area contributed by atoms with E-state index in [1.165, 1.54) is 17.4 Å². The number of ether oxygens (including phenoxy) is 1. The molecule has 2 aromatic heterocycles. The van der Waals surface area contributed by atoms with Crippen molar-refractivity contribution in [1.82, 2.24) is 9.97 Å². The third kappa shape index (κ3) is 4.05. The van der Waals surface area contributed by atoms with Gasteiger partial charge in [0.05, 0.1) is 12.8 Å². The predicted octanol–water partition coefficient (Wildman–Crippen LogP) is 3.87. The zero-order chi connectivity index (χ0) is 16.8. The number of amides is 1. The minimum absolute atomic E-state index is 0.224. The molecule has 5 nitrogen and oxygen atoms in total. The van der Waals surface area contributed by atoms with Crippen molar-refractivity contribution in [2.45, 2.75) is 0 Å². The van der Waals surface area contributed by atoms with Crippen LogP contribution in [0.5, 0.6) is 5.75 Å². The number of benzene rings is 1. The Bertz CT molecular complexity index is 842. The molecule has 3 aromatic rings. The molecule has 3 rings (SSSR count). The van der Waals surface area contributed by atoms with Gasteiger partial charge in [0.25, 0.3) is 0 Å². The van der Waals surface area contributed by atoms with Gasteiger partial charge in [0, 0.05) is 29.4 Å². The maximum absolute atomic E-state index is 12.0. The summed E-state index contributed by atoms with van der Waals surface area (Å²) in [6, 6.07) is 11.2. The molecule has 0 aliphatic carbocycles. The SMILES string of the molecule is COc1ccc(/C=C/C(=O)Nc2nc(-c3cccnc3)cs2)cc1. The molecule has 1 amide bonds. The number of methoxy groups -OCH3 is 1. The van der Waals surface area contributed by atoms with E-state index in [-0.39, 0.29) is 5.91 Å². The van der Waals surface area contributed by atoms with Crippen LogP contribution in [0.4, 0.5) is 5.13 Å². The van der Waals surface area contributed by atoms with Crippen LogP contribution in [0.2, 0.25) is 0 Å². The van der Waals surface area contributed by atoms with Crippen molar-refractivity contribution in [3.63, 3.8) is 0 Å². The van der Waals surface area contributed by atoms with Gasteiger partial charge in [-0.25, -0.2) is 4.98 Å². The summed E-state index contributed by atoms with van der Waals surface area (Å²) in [7, 11) is 1.62. The fourth-order valence-electron chi connectivity index (χ4n) is 2.01. The van der Waals surface area contributed by atoms with Gasteiger partial charge in [-0.05, 0) is 35.9 Å². The second kappa shape index (κ2) is 7.52. The monoisotopic (exact) mass is 337 g/mol. The van der Waals surface area contributed by atoms with Crippen LogP contribution in [0.15, 0.2) is 60.2 Å². The first-order valence-corrected chi connectivity index (χ1v) is 8.11. The quantitative estimate of drug-likeness (QED) is 0.718. The van der Waals surface area contributed by atoms with E-state index in [0.717, 1.165) is 22.6 Å². The van der Waals surface area contributed by atoms with Crippen LogP contribution < -0.4 is 10.1 Å². The van der Waals surface area contributed by atoms with Gasteiger partial charge >= 0.3 is 0 Å². The number of hydrogen-bond donors (Lipinski definition) is 1. The molecule has 120 valence electrons. The second-order valence-electron chi connectivity index (χ2n) is 4.88. The lowest BCUT2D eigenvalue weighted by molar-refractivity contribution is -0.111. The zero-order valence-corrected chi connectivity index (χ0v) is 13.8. The van der Waals surface area contributed by atoms with Crippen LogP contribution in [-0.2, 0) is 4.79 Å². The van der Waals surface area contributed by atoms with Crippen molar-refractivity contribution >= 4 is 28.5 Å². The average molecular weight is 337 g/mol. The maximum Gasteiger partial charge on any atom is 0.250 e. The molecule has 2 heterocycles. The summed E-state index contributed by atoms with van der Waals surface area (Å²) in [5, 5.41) is 5.20. The fourth-order valence-corrected chi connectivity index (χ4v) is 2.73. The summed E-state index contributed by atoms with van der Waals surface area (Å²) in [4.78, 5) is 20.4. The van der Waals surface area contributed by atoms with E-state index in [9.17, 15) is 4.79 Å². The van der Waals surface area contributed by atoms with E-state index in [0.29, 0.717) is 5.13 Å². The lowest BCUT2D eigenvalue weighted by atomic mass is 10.2. The Hall–Kier alpha value is -2.99. The van der Waals surface area contributed by atoms with Gasteiger partial charge < -0.3 is 4.74 Å². The number of aromatic nitrogens is 2. The molecule has 1 aromatic carbocycles. The minimum atomic E-state index is -0.224. The standard InChI is InChI=1S/C18H15N3O2S/c1-23-15-7-4-13(5-8-15)6-9-17(22)21-18-20-16(12-24-18)14-3-2-10-19-11-14/h2-12H,1H3,(H,20,21,22)/b9-6+. The molecule has 0 unspecified atom stereocenters. The Morgan fingerprint density at radius 2 is 2.08 bits per heavy atom. The Morgan fingerprint density at radius 1 is 1.25 bits per heavy atom. The summed E-state index contributed by atoms with van der Waals surface area (Å²) in [6.45, 7) is 0. The third-order valence-corrected chi connectivity index (χ3v) is 3.99. The largest absolute Gasteiger partial charge is 0.497 e. The van der Waals surface area contributed by atoms with Crippen molar-refractivity contribution in [1.29, 1.82) is 0 Å².